The predicted octanol–water partition coefficient (Wildman–Crippen LogP) is 4.33. The number of halogens is 1. The first-order valence-corrected chi connectivity index (χ1v) is 13.3. The van der Waals surface area contributed by atoms with Crippen molar-refractivity contribution in [3.8, 4) is 0 Å². The number of imide groups is 1. The van der Waals surface area contributed by atoms with Gasteiger partial charge in [-0.15, -0.1) is 0 Å². The van der Waals surface area contributed by atoms with Crippen molar-refractivity contribution in [1.82, 2.24) is 24.9 Å². The summed E-state index contributed by atoms with van der Waals surface area (Å²) in [7, 11) is 0. The normalized spacial score (nSPS) is 23.8. The molecule has 3 aliphatic rings. The van der Waals surface area contributed by atoms with E-state index in [1.54, 1.807) is 0 Å². The number of amides is 3. The molecule has 1 saturated carbocycles. The molecule has 5 rings (SSSR count). The van der Waals surface area contributed by atoms with E-state index in [1.807, 2.05) is 24.3 Å². The van der Waals surface area contributed by atoms with E-state index in [0.29, 0.717) is 23.9 Å². The summed E-state index contributed by atoms with van der Waals surface area (Å²) < 4.78 is 2.07. The average molecular weight is 498 g/mol. The van der Waals surface area contributed by atoms with Crippen molar-refractivity contribution >= 4 is 23.5 Å². The van der Waals surface area contributed by atoms with Gasteiger partial charge in [-0.2, -0.15) is 5.10 Å². The van der Waals surface area contributed by atoms with Gasteiger partial charge in [0, 0.05) is 42.3 Å². The van der Waals surface area contributed by atoms with Gasteiger partial charge in [-0.25, -0.2) is 4.79 Å². The summed E-state index contributed by atoms with van der Waals surface area (Å²) in [5.41, 5.74) is 3.61. The van der Waals surface area contributed by atoms with Crippen LogP contribution >= 0.6 is 11.6 Å². The Bertz CT molecular complexity index is 1120. The van der Waals surface area contributed by atoms with E-state index in [4.69, 9.17) is 11.6 Å². The Morgan fingerprint density at radius 2 is 1.83 bits per heavy atom. The van der Waals surface area contributed by atoms with Crippen molar-refractivity contribution in [3.05, 3.63) is 51.8 Å². The number of aryl methyl sites for hydroxylation is 2. The molecule has 35 heavy (non-hydrogen) atoms. The number of carbonyl (C=O) groups excluding carboxylic acids is 2. The molecule has 1 atom stereocenters. The number of carbonyl (C=O) groups is 2. The molecule has 0 spiro atoms. The third-order valence-electron chi connectivity index (χ3n) is 8.26. The molecule has 2 saturated heterocycles. The molecule has 1 N–H and O–H groups in total. The van der Waals surface area contributed by atoms with Gasteiger partial charge in [0.25, 0.3) is 5.91 Å². The summed E-state index contributed by atoms with van der Waals surface area (Å²) in [4.78, 5) is 30.9. The Kier molecular flexibility index (Phi) is 6.66. The number of urea groups is 1. The first kappa shape index (κ1) is 24.3. The predicted molar refractivity (Wildman–Crippen MR) is 136 cm³/mol. The van der Waals surface area contributed by atoms with Crippen LogP contribution in [0.1, 0.15) is 55.1 Å². The standard InChI is InChI=1S/C27H36ClN5O2/c1-4-33-19(3)23(18(2)30-33)17-31-13-11-22(12-14-31)27(15-21-7-5-6-8-24(21)28)25(34)32(26(35)29-27)16-20-9-10-20/h5-8,20,22H,4,9-17H2,1-3H3,(H,29,35)/t27-/m1/s1. The summed E-state index contributed by atoms with van der Waals surface area (Å²) in [6, 6.07) is 7.43. The Balaban J connectivity index is 1.35. The van der Waals surface area contributed by atoms with Crippen LogP contribution < -0.4 is 5.32 Å². The van der Waals surface area contributed by atoms with Crippen LogP contribution in [0.25, 0.3) is 0 Å². The number of likely N-dealkylation sites (tertiary alicyclic amines) is 1. The van der Waals surface area contributed by atoms with Crippen LogP contribution in [0.2, 0.25) is 5.02 Å². The van der Waals surface area contributed by atoms with Crippen molar-refractivity contribution in [1.29, 1.82) is 0 Å². The number of piperidine rings is 1. The molecule has 3 fully saturated rings. The molecule has 3 heterocycles. The molecule has 0 radical (unpaired) electrons. The third-order valence-corrected chi connectivity index (χ3v) is 8.63. The maximum Gasteiger partial charge on any atom is 0.325 e. The highest BCUT2D eigenvalue weighted by molar-refractivity contribution is 6.31. The first-order valence-electron chi connectivity index (χ1n) is 12.9. The molecule has 2 aromatic rings. The van der Waals surface area contributed by atoms with Gasteiger partial charge in [0.05, 0.1) is 5.69 Å². The molecule has 2 aliphatic heterocycles. The molecule has 1 aromatic heterocycles. The third kappa shape index (κ3) is 4.60. The van der Waals surface area contributed by atoms with Gasteiger partial charge in [-0.05, 0) is 83.0 Å². The molecule has 0 bridgehead atoms. The molecule has 7 nitrogen and oxygen atoms in total. The maximum absolute atomic E-state index is 13.9. The zero-order valence-corrected chi connectivity index (χ0v) is 21.8. The first-order chi connectivity index (χ1) is 16.8. The minimum atomic E-state index is -0.929. The molecule has 0 unspecified atom stereocenters. The lowest BCUT2D eigenvalue weighted by molar-refractivity contribution is -0.134. The van der Waals surface area contributed by atoms with Gasteiger partial charge in [0.15, 0.2) is 0 Å². The zero-order chi connectivity index (χ0) is 24.7. The van der Waals surface area contributed by atoms with E-state index in [-0.39, 0.29) is 17.9 Å². The van der Waals surface area contributed by atoms with E-state index in [9.17, 15) is 9.59 Å². The molecule has 8 heteroatoms. The second kappa shape index (κ2) is 9.58. The topological polar surface area (TPSA) is 70.5 Å². The van der Waals surface area contributed by atoms with E-state index in [2.05, 4.69) is 40.8 Å². The van der Waals surface area contributed by atoms with Gasteiger partial charge >= 0.3 is 6.03 Å². The molecule has 1 aromatic carbocycles. The van der Waals surface area contributed by atoms with Crippen LogP contribution in [0.4, 0.5) is 4.79 Å². The second-order valence-electron chi connectivity index (χ2n) is 10.5. The second-order valence-corrected chi connectivity index (χ2v) is 11.0. The van der Waals surface area contributed by atoms with Gasteiger partial charge in [-0.1, -0.05) is 29.8 Å². The fraction of sp³-hybridized carbons (Fsp3) is 0.593. The van der Waals surface area contributed by atoms with Gasteiger partial charge in [0.2, 0.25) is 0 Å². The minimum absolute atomic E-state index is 0.0660. The minimum Gasteiger partial charge on any atom is -0.322 e. The van der Waals surface area contributed by atoms with Crippen molar-refractivity contribution < 1.29 is 9.59 Å². The summed E-state index contributed by atoms with van der Waals surface area (Å²) >= 11 is 6.52. The highest BCUT2D eigenvalue weighted by atomic mass is 35.5. The maximum atomic E-state index is 13.9. The van der Waals surface area contributed by atoms with Crippen LogP contribution in [-0.2, 0) is 24.3 Å². The van der Waals surface area contributed by atoms with Crippen LogP contribution in [0.15, 0.2) is 24.3 Å². The van der Waals surface area contributed by atoms with E-state index in [1.165, 1.54) is 16.2 Å². The van der Waals surface area contributed by atoms with Crippen molar-refractivity contribution in [3.63, 3.8) is 0 Å². The molecule has 188 valence electrons. The molecule has 3 amide bonds. The van der Waals surface area contributed by atoms with Crippen molar-refractivity contribution in [2.24, 2.45) is 11.8 Å². The number of hydrogen-bond donors (Lipinski definition) is 1. The quantitative estimate of drug-likeness (QED) is 0.551. The monoisotopic (exact) mass is 497 g/mol. The van der Waals surface area contributed by atoms with E-state index >= 15 is 0 Å². The Morgan fingerprint density at radius 1 is 1.11 bits per heavy atom. The Hall–Kier alpha value is -2.38. The summed E-state index contributed by atoms with van der Waals surface area (Å²) in [5, 5.41) is 8.50. The summed E-state index contributed by atoms with van der Waals surface area (Å²) in [6.07, 6.45) is 4.34. The lowest BCUT2D eigenvalue weighted by Gasteiger charge is -2.41. The fourth-order valence-corrected chi connectivity index (χ4v) is 6.13. The van der Waals surface area contributed by atoms with Gasteiger partial charge in [0.1, 0.15) is 5.54 Å². The number of rotatable bonds is 8. The summed E-state index contributed by atoms with van der Waals surface area (Å²) in [6.45, 7) is 10.4. The van der Waals surface area contributed by atoms with Crippen LogP contribution in [0, 0.1) is 25.7 Å². The van der Waals surface area contributed by atoms with Crippen LogP contribution in [-0.4, -0.2) is 56.7 Å². The molecular formula is C27H36ClN5O2. The number of aromatic nitrogens is 2. The largest absolute Gasteiger partial charge is 0.325 e. The average Bonchev–Trinajstić information content (AvgIpc) is 3.59. The Morgan fingerprint density at radius 3 is 2.46 bits per heavy atom. The molecule has 1 aliphatic carbocycles. The van der Waals surface area contributed by atoms with E-state index < -0.39 is 5.54 Å². The van der Waals surface area contributed by atoms with Gasteiger partial charge in [-0.3, -0.25) is 19.3 Å². The molecular weight excluding hydrogens is 462 g/mol. The number of hydrogen-bond acceptors (Lipinski definition) is 4. The Labute approximate surface area is 212 Å². The smallest absolute Gasteiger partial charge is 0.322 e. The number of benzene rings is 1. The summed E-state index contributed by atoms with van der Waals surface area (Å²) in [5.74, 6) is 0.457. The number of nitrogens with one attached hydrogen (secondary N) is 1. The van der Waals surface area contributed by atoms with E-state index in [0.717, 1.165) is 63.1 Å². The highest BCUT2D eigenvalue weighted by Crippen LogP contribution is 2.40. The highest BCUT2D eigenvalue weighted by Gasteiger charge is 2.56. The van der Waals surface area contributed by atoms with Gasteiger partial charge < -0.3 is 5.32 Å². The van der Waals surface area contributed by atoms with Crippen molar-refractivity contribution in [2.45, 2.75) is 71.5 Å². The van der Waals surface area contributed by atoms with Crippen LogP contribution in [0.3, 0.4) is 0 Å². The number of nitrogens with zero attached hydrogens (tertiary/aromatic N) is 4. The SMILES string of the molecule is CCn1nc(C)c(CN2CCC([C@@]3(Cc4ccccc4Cl)NC(=O)N(CC4CC4)C3=O)CC2)c1C. The zero-order valence-electron chi connectivity index (χ0n) is 21.0. The fourth-order valence-electron chi connectivity index (χ4n) is 5.93. The van der Waals surface area contributed by atoms with Crippen molar-refractivity contribution in [2.75, 3.05) is 19.6 Å². The lowest BCUT2D eigenvalue weighted by Crippen LogP contribution is -2.57. The lowest BCUT2D eigenvalue weighted by atomic mass is 9.73. The van der Waals surface area contributed by atoms with Crippen LogP contribution in [0.5, 0.6) is 0 Å².